The van der Waals surface area contributed by atoms with E-state index in [0.29, 0.717) is 31.3 Å². The topological polar surface area (TPSA) is 103 Å². The van der Waals surface area contributed by atoms with Gasteiger partial charge in [0.05, 0.1) is 29.7 Å². The van der Waals surface area contributed by atoms with Crippen molar-refractivity contribution in [3.63, 3.8) is 0 Å². The minimum absolute atomic E-state index is 0.0900. The number of aliphatic hydroxyl groups is 1. The maximum absolute atomic E-state index is 13.4. The lowest BCUT2D eigenvalue weighted by molar-refractivity contribution is -0.142. The molecule has 1 aromatic carbocycles. The predicted molar refractivity (Wildman–Crippen MR) is 149 cm³/mol. The second kappa shape index (κ2) is 10.9. The summed E-state index contributed by atoms with van der Waals surface area (Å²) in [6.45, 7) is 5.01. The smallest absolute Gasteiger partial charge is 0.236 e. The second-order valence-corrected chi connectivity index (χ2v) is 10.6. The third kappa shape index (κ3) is 5.14. The van der Waals surface area contributed by atoms with Crippen molar-refractivity contribution in [2.75, 3.05) is 44.7 Å². The first-order chi connectivity index (χ1) is 19.4. The average molecular weight is 545 g/mol. The van der Waals surface area contributed by atoms with E-state index in [1.54, 1.807) is 23.2 Å². The predicted octanol–water partition coefficient (Wildman–Crippen LogP) is 3.04. The summed E-state index contributed by atoms with van der Waals surface area (Å²) in [5.41, 5.74) is 4.17. The van der Waals surface area contributed by atoms with E-state index in [0.717, 1.165) is 60.8 Å². The molecule has 208 valence electrons. The van der Waals surface area contributed by atoms with Gasteiger partial charge in [-0.3, -0.25) is 14.6 Å². The van der Waals surface area contributed by atoms with Crippen LogP contribution in [-0.2, 0) is 11.2 Å². The number of rotatable bonds is 7. The molecule has 0 aliphatic carbocycles. The molecule has 2 fully saturated rings. The number of halogens is 1. The van der Waals surface area contributed by atoms with Crippen molar-refractivity contribution < 1.29 is 14.3 Å². The molecule has 10 nitrogen and oxygen atoms in total. The lowest BCUT2D eigenvalue weighted by atomic mass is 9.93. The number of β-amino-alcohol motifs (C(OH)–C–C–N with tert-alkyl or cyclic N) is 1. The summed E-state index contributed by atoms with van der Waals surface area (Å²) in [6, 6.07) is 12.1. The fourth-order valence-corrected chi connectivity index (χ4v) is 5.50. The highest BCUT2D eigenvalue weighted by Gasteiger charge is 2.31. The van der Waals surface area contributed by atoms with Crippen LogP contribution in [0.5, 0.6) is 0 Å². The lowest BCUT2D eigenvalue weighted by Gasteiger charge is -2.38. The number of hydrogen-bond acceptors (Lipinski definition) is 8. The number of amides is 1. The molecule has 3 aromatic heterocycles. The van der Waals surface area contributed by atoms with Gasteiger partial charge in [-0.25, -0.2) is 19.3 Å². The second-order valence-electron chi connectivity index (χ2n) is 10.6. The highest BCUT2D eigenvalue weighted by atomic mass is 19.1. The highest BCUT2D eigenvalue weighted by Crippen LogP contribution is 2.31. The Bertz CT molecular complexity index is 1510. The molecule has 2 aliphatic rings. The van der Waals surface area contributed by atoms with Crippen LogP contribution in [0.2, 0.25) is 0 Å². The van der Waals surface area contributed by atoms with Gasteiger partial charge < -0.3 is 10.0 Å². The molecule has 1 N–H and O–H groups in total. The third-order valence-corrected chi connectivity index (χ3v) is 7.86. The normalized spacial score (nSPS) is 16.9. The summed E-state index contributed by atoms with van der Waals surface area (Å²) >= 11 is 0. The SMILES string of the molecule is CCc1nc2ccc(C3CCN(CC(=O)N4CC(O)C4)CC3)nn2c1N(C)c1nccc(-c2ccc(F)cc2)n1. The first-order valence-electron chi connectivity index (χ1n) is 13.8. The molecule has 0 saturated carbocycles. The van der Waals surface area contributed by atoms with E-state index in [4.69, 9.17) is 15.1 Å². The number of aromatic nitrogens is 5. The number of nitrogens with zero attached hydrogens (tertiary/aromatic N) is 8. The van der Waals surface area contributed by atoms with Crippen LogP contribution in [0.3, 0.4) is 0 Å². The van der Waals surface area contributed by atoms with Gasteiger partial charge in [-0.05, 0) is 74.8 Å². The minimum atomic E-state index is -0.374. The van der Waals surface area contributed by atoms with Gasteiger partial charge in [0.2, 0.25) is 11.9 Å². The molecule has 4 aromatic rings. The lowest BCUT2D eigenvalue weighted by Crippen LogP contribution is -2.56. The molecule has 11 heteroatoms. The Morgan fingerprint density at radius 1 is 1.07 bits per heavy atom. The number of carbonyl (C=O) groups is 1. The standard InChI is InChI=1S/C29H33FN8O2/c1-3-23-28(35(2)29-31-13-10-24(33-29)19-4-6-21(30)7-5-19)38-26(32-23)9-8-25(34-38)20-11-14-36(15-12-20)18-27(40)37-16-22(39)17-37/h4-10,13,20,22,39H,3,11-12,14-18H2,1-2H3. The van der Waals surface area contributed by atoms with E-state index < -0.39 is 0 Å². The van der Waals surface area contributed by atoms with Crippen molar-refractivity contribution in [1.82, 2.24) is 34.4 Å². The zero-order valence-corrected chi connectivity index (χ0v) is 22.7. The quantitative estimate of drug-likeness (QED) is 0.379. The van der Waals surface area contributed by atoms with Crippen LogP contribution in [0.4, 0.5) is 16.2 Å². The fourth-order valence-electron chi connectivity index (χ4n) is 5.50. The van der Waals surface area contributed by atoms with Gasteiger partial charge in [-0.15, -0.1) is 0 Å². The van der Waals surface area contributed by atoms with Gasteiger partial charge in [0.1, 0.15) is 5.82 Å². The van der Waals surface area contributed by atoms with Crippen molar-refractivity contribution in [2.45, 2.75) is 38.2 Å². The zero-order valence-electron chi connectivity index (χ0n) is 22.7. The van der Waals surface area contributed by atoms with Crippen molar-refractivity contribution in [2.24, 2.45) is 0 Å². The molecule has 0 unspecified atom stereocenters. The molecule has 0 radical (unpaired) electrons. The van der Waals surface area contributed by atoms with Crippen LogP contribution in [0.25, 0.3) is 16.9 Å². The first kappa shape index (κ1) is 26.3. The van der Waals surface area contributed by atoms with Gasteiger partial charge in [-0.2, -0.15) is 9.61 Å². The average Bonchev–Trinajstić information content (AvgIpc) is 3.34. The van der Waals surface area contributed by atoms with Crippen LogP contribution >= 0.6 is 0 Å². The molecule has 40 heavy (non-hydrogen) atoms. The van der Waals surface area contributed by atoms with Crippen molar-refractivity contribution in [1.29, 1.82) is 0 Å². The number of anilines is 2. The Hall–Kier alpha value is -3.96. The number of likely N-dealkylation sites (tertiary alicyclic amines) is 2. The van der Waals surface area contributed by atoms with Gasteiger partial charge in [-0.1, -0.05) is 6.92 Å². The number of fused-ring (bicyclic) bond motifs is 1. The number of hydrogen-bond donors (Lipinski definition) is 1. The Morgan fingerprint density at radius 2 is 1.82 bits per heavy atom. The number of aliphatic hydroxyl groups excluding tert-OH is 1. The molecule has 6 rings (SSSR count). The monoisotopic (exact) mass is 544 g/mol. The minimum Gasteiger partial charge on any atom is -0.389 e. The van der Waals surface area contributed by atoms with Gasteiger partial charge in [0, 0.05) is 37.8 Å². The molecule has 5 heterocycles. The number of piperidine rings is 1. The molecule has 0 spiro atoms. The molecular weight excluding hydrogens is 511 g/mol. The van der Waals surface area contributed by atoms with Crippen LogP contribution < -0.4 is 4.90 Å². The summed E-state index contributed by atoms with van der Waals surface area (Å²) in [4.78, 5) is 32.3. The molecule has 0 bridgehead atoms. The number of imidazole rings is 1. The summed E-state index contributed by atoms with van der Waals surface area (Å²) in [6.07, 6.45) is 3.88. The third-order valence-electron chi connectivity index (χ3n) is 7.86. The van der Waals surface area contributed by atoms with Crippen molar-refractivity contribution in [3.8, 4) is 11.3 Å². The van der Waals surface area contributed by atoms with E-state index in [1.165, 1.54) is 12.1 Å². The maximum atomic E-state index is 13.4. The number of carbonyl (C=O) groups excluding carboxylic acids is 1. The van der Waals surface area contributed by atoms with Crippen molar-refractivity contribution in [3.05, 3.63) is 65.9 Å². The van der Waals surface area contributed by atoms with E-state index >= 15 is 0 Å². The van der Waals surface area contributed by atoms with Gasteiger partial charge in [0.25, 0.3) is 0 Å². The summed E-state index contributed by atoms with van der Waals surface area (Å²) in [7, 11) is 1.91. The summed E-state index contributed by atoms with van der Waals surface area (Å²) in [5, 5.41) is 14.5. The van der Waals surface area contributed by atoms with E-state index in [9.17, 15) is 14.3 Å². The van der Waals surface area contributed by atoms with Crippen LogP contribution in [0.15, 0.2) is 48.7 Å². The zero-order chi connectivity index (χ0) is 27.8. The summed E-state index contributed by atoms with van der Waals surface area (Å²) in [5.74, 6) is 1.40. The van der Waals surface area contributed by atoms with Crippen molar-refractivity contribution >= 4 is 23.3 Å². The van der Waals surface area contributed by atoms with E-state index in [2.05, 4.69) is 22.9 Å². The Morgan fingerprint density at radius 3 is 2.52 bits per heavy atom. The summed E-state index contributed by atoms with van der Waals surface area (Å²) < 4.78 is 15.3. The van der Waals surface area contributed by atoms with Crippen LogP contribution in [0.1, 0.15) is 37.1 Å². The van der Waals surface area contributed by atoms with Gasteiger partial charge >= 0.3 is 0 Å². The van der Waals surface area contributed by atoms with E-state index in [-0.39, 0.29) is 23.7 Å². The molecule has 2 saturated heterocycles. The Kier molecular flexibility index (Phi) is 7.16. The van der Waals surface area contributed by atoms with E-state index in [1.807, 2.05) is 28.6 Å². The molecular formula is C29H33FN8O2. The molecule has 0 atom stereocenters. The maximum Gasteiger partial charge on any atom is 0.236 e. The number of aryl methyl sites for hydroxylation is 1. The molecule has 2 aliphatic heterocycles. The largest absolute Gasteiger partial charge is 0.389 e. The molecule has 1 amide bonds. The Balaban J connectivity index is 1.22. The first-order valence-corrected chi connectivity index (χ1v) is 13.8. The number of benzene rings is 1. The Labute approximate surface area is 232 Å². The highest BCUT2D eigenvalue weighted by molar-refractivity contribution is 5.79. The van der Waals surface area contributed by atoms with Crippen LogP contribution in [-0.4, -0.2) is 91.3 Å². The van der Waals surface area contributed by atoms with Gasteiger partial charge in [0.15, 0.2) is 11.5 Å². The fraction of sp³-hybridized carbons (Fsp3) is 0.414. The van der Waals surface area contributed by atoms with Crippen LogP contribution in [0, 0.1) is 5.82 Å².